The molecule has 33 heavy (non-hydrogen) atoms. The Balaban J connectivity index is 1.74. The van der Waals surface area contributed by atoms with Crippen LogP contribution >= 0.6 is 0 Å². The van der Waals surface area contributed by atoms with Crippen molar-refractivity contribution in [3.63, 3.8) is 0 Å². The van der Waals surface area contributed by atoms with Gasteiger partial charge in [0.2, 0.25) is 10.0 Å². The summed E-state index contributed by atoms with van der Waals surface area (Å²) in [6, 6.07) is 3.40. The lowest BCUT2D eigenvalue weighted by Gasteiger charge is -2.22. The van der Waals surface area contributed by atoms with Crippen LogP contribution in [-0.2, 0) is 37.8 Å². The van der Waals surface area contributed by atoms with Gasteiger partial charge >= 0.3 is 5.97 Å². The first-order valence-electron chi connectivity index (χ1n) is 10.5. The van der Waals surface area contributed by atoms with E-state index in [9.17, 15) is 23.1 Å². The molecule has 1 fully saturated rings. The Bertz CT molecular complexity index is 1120. The maximum Gasteiger partial charge on any atom is 0.325 e. The van der Waals surface area contributed by atoms with Gasteiger partial charge in [0, 0.05) is 51.1 Å². The molecule has 11 nitrogen and oxygen atoms in total. The van der Waals surface area contributed by atoms with Crippen LogP contribution in [0.5, 0.6) is 0 Å². The van der Waals surface area contributed by atoms with Gasteiger partial charge in [-0.25, -0.2) is 13.4 Å². The minimum Gasteiger partial charge on any atom is -0.464 e. The number of benzene rings is 1. The quantitative estimate of drug-likeness (QED) is 0.386. The number of anilines is 1. The number of aromatic nitrogens is 2. The Labute approximate surface area is 192 Å². The molecule has 180 valence electrons. The molecule has 1 aromatic heterocycles. The lowest BCUT2D eigenvalue weighted by atomic mass is 10.2. The van der Waals surface area contributed by atoms with Gasteiger partial charge in [-0.3, -0.25) is 9.59 Å². The average Bonchev–Trinajstić information content (AvgIpc) is 3.32. The Morgan fingerprint density at radius 1 is 1.39 bits per heavy atom. The van der Waals surface area contributed by atoms with Gasteiger partial charge in [-0.05, 0) is 31.7 Å². The molecule has 1 aliphatic heterocycles. The topological polar surface area (TPSA) is 143 Å². The summed E-state index contributed by atoms with van der Waals surface area (Å²) in [6.45, 7) is 1.96. The standard InChI is InChI=1S/C21H29N5O6S/c1-14-16(26-10-7-17(27)20(26)28)5-4-6-18(14)33(30,31)24-15(13-22-2)21(29)32-12-8-19-23-9-11-25(19)3/h4-6,9,11,15,17,22,24,27H,7-8,10,12-13H2,1-3H3/t15-,17-/m0/s1. The number of esters is 1. The number of aliphatic hydroxyl groups excluding tert-OH is 1. The van der Waals surface area contributed by atoms with E-state index in [1.807, 2.05) is 11.6 Å². The zero-order valence-corrected chi connectivity index (χ0v) is 19.6. The number of hydrogen-bond acceptors (Lipinski definition) is 8. The van der Waals surface area contributed by atoms with E-state index in [4.69, 9.17) is 4.74 Å². The van der Waals surface area contributed by atoms with E-state index < -0.39 is 34.0 Å². The number of aryl methyl sites for hydroxylation is 1. The first kappa shape index (κ1) is 24.8. The van der Waals surface area contributed by atoms with Crippen LogP contribution in [0.4, 0.5) is 5.69 Å². The highest BCUT2D eigenvalue weighted by Crippen LogP contribution is 2.29. The zero-order chi connectivity index (χ0) is 24.2. The minimum atomic E-state index is -4.12. The molecule has 2 aromatic rings. The van der Waals surface area contributed by atoms with Crippen molar-refractivity contribution in [1.29, 1.82) is 0 Å². The zero-order valence-electron chi connectivity index (χ0n) is 18.8. The number of ether oxygens (including phenoxy) is 1. The maximum absolute atomic E-state index is 13.1. The summed E-state index contributed by atoms with van der Waals surface area (Å²) in [5, 5.41) is 12.5. The third-order valence-electron chi connectivity index (χ3n) is 5.49. The van der Waals surface area contributed by atoms with Crippen molar-refractivity contribution in [2.45, 2.75) is 36.8 Å². The van der Waals surface area contributed by atoms with Crippen molar-refractivity contribution < 1.29 is 27.9 Å². The van der Waals surface area contributed by atoms with Crippen LogP contribution in [0, 0.1) is 6.92 Å². The lowest BCUT2D eigenvalue weighted by molar-refractivity contribution is -0.145. The Kier molecular flexibility index (Phi) is 7.84. The molecule has 1 aromatic carbocycles. The number of aliphatic hydroxyl groups is 1. The van der Waals surface area contributed by atoms with Gasteiger partial charge < -0.3 is 24.6 Å². The maximum atomic E-state index is 13.1. The summed E-state index contributed by atoms with van der Waals surface area (Å²) in [5.41, 5.74) is 0.751. The first-order chi connectivity index (χ1) is 15.7. The first-order valence-corrected chi connectivity index (χ1v) is 12.0. The van der Waals surface area contributed by atoms with Crippen LogP contribution in [0.15, 0.2) is 35.5 Å². The summed E-state index contributed by atoms with van der Waals surface area (Å²) < 4.78 is 35.8. The molecule has 0 spiro atoms. The number of sulfonamides is 1. The highest BCUT2D eigenvalue weighted by Gasteiger charge is 2.33. The fourth-order valence-corrected chi connectivity index (χ4v) is 5.15. The van der Waals surface area contributed by atoms with Crippen LogP contribution in [-0.4, -0.2) is 73.8 Å². The number of rotatable bonds is 10. The van der Waals surface area contributed by atoms with E-state index in [1.165, 1.54) is 17.0 Å². The molecule has 0 bridgehead atoms. The Morgan fingerprint density at radius 3 is 2.76 bits per heavy atom. The Morgan fingerprint density at radius 2 is 2.15 bits per heavy atom. The number of carbonyl (C=O) groups excluding carboxylic acids is 2. The van der Waals surface area contributed by atoms with Crippen molar-refractivity contribution in [2.75, 3.05) is 31.6 Å². The third kappa shape index (κ3) is 5.58. The molecule has 2 atom stereocenters. The largest absolute Gasteiger partial charge is 0.464 e. The van der Waals surface area contributed by atoms with Crippen LogP contribution < -0.4 is 14.9 Å². The lowest BCUT2D eigenvalue weighted by Crippen LogP contribution is -2.47. The second kappa shape index (κ2) is 10.4. The smallest absolute Gasteiger partial charge is 0.325 e. The molecule has 0 unspecified atom stereocenters. The summed E-state index contributed by atoms with van der Waals surface area (Å²) in [6.07, 6.45) is 3.00. The number of amides is 1. The molecule has 1 aliphatic rings. The van der Waals surface area contributed by atoms with Gasteiger partial charge in [0.05, 0.1) is 11.5 Å². The molecule has 0 saturated carbocycles. The highest BCUT2D eigenvalue weighted by atomic mass is 32.2. The van der Waals surface area contributed by atoms with Crippen molar-refractivity contribution in [3.8, 4) is 0 Å². The van der Waals surface area contributed by atoms with Crippen molar-refractivity contribution in [3.05, 3.63) is 42.0 Å². The molecule has 1 amide bonds. The molecule has 0 radical (unpaired) electrons. The van der Waals surface area contributed by atoms with Crippen LogP contribution in [0.25, 0.3) is 0 Å². The molecule has 3 N–H and O–H groups in total. The predicted octanol–water partition coefficient (Wildman–Crippen LogP) is -0.522. The fraction of sp³-hybridized carbons (Fsp3) is 0.476. The summed E-state index contributed by atoms with van der Waals surface area (Å²) in [7, 11) is -0.699. The molecule has 2 heterocycles. The van der Waals surface area contributed by atoms with Gasteiger partial charge in [-0.2, -0.15) is 4.72 Å². The molecular weight excluding hydrogens is 450 g/mol. The second-order valence-electron chi connectivity index (χ2n) is 7.80. The van der Waals surface area contributed by atoms with Gasteiger partial charge in [0.25, 0.3) is 5.91 Å². The number of likely N-dealkylation sites (N-methyl/N-ethyl adjacent to an activating group) is 1. The van der Waals surface area contributed by atoms with Crippen molar-refractivity contribution in [2.24, 2.45) is 7.05 Å². The normalized spacial score (nSPS) is 17.4. The SMILES string of the molecule is CNC[C@H](NS(=O)(=O)c1cccc(N2CC[C@H](O)C2=O)c1C)C(=O)OCCc1nccn1C. The molecule has 3 rings (SSSR count). The fourth-order valence-electron chi connectivity index (χ4n) is 3.70. The van der Waals surface area contributed by atoms with Crippen LogP contribution in [0.2, 0.25) is 0 Å². The van der Waals surface area contributed by atoms with Gasteiger partial charge in [0.1, 0.15) is 18.0 Å². The van der Waals surface area contributed by atoms with Crippen molar-refractivity contribution in [1.82, 2.24) is 19.6 Å². The van der Waals surface area contributed by atoms with Crippen LogP contribution in [0.3, 0.4) is 0 Å². The molecule has 1 saturated heterocycles. The summed E-state index contributed by atoms with van der Waals surface area (Å²) in [5.74, 6) is -0.443. The number of hydrogen-bond donors (Lipinski definition) is 3. The van der Waals surface area contributed by atoms with E-state index in [2.05, 4.69) is 15.0 Å². The molecule has 0 aliphatic carbocycles. The molecular formula is C21H29N5O6S. The van der Waals surface area contributed by atoms with Gasteiger partial charge in [-0.1, -0.05) is 6.07 Å². The Hall–Kier alpha value is -2.80. The molecule has 12 heteroatoms. The number of nitrogens with zero attached hydrogens (tertiary/aromatic N) is 3. The number of imidazole rings is 1. The number of nitrogens with one attached hydrogen (secondary N) is 2. The summed E-state index contributed by atoms with van der Waals surface area (Å²) >= 11 is 0. The van der Waals surface area contributed by atoms with E-state index in [0.717, 1.165) is 5.82 Å². The predicted molar refractivity (Wildman–Crippen MR) is 120 cm³/mol. The summed E-state index contributed by atoms with van der Waals surface area (Å²) in [4.78, 5) is 30.3. The average molecular weight is 480 g/mol. The minimum absolute atomic E-state index is 0.0238. The van der Waals surface area contributed by atoms with E-state index >= 15 is 0 Å². The van der Waals surface area contributed by atoms with E-state index in [-0.39, 0.29) is 24.5 Å². The third-order valence-corrected chi connectivity index (χ3v) is 7.11. The van der Waals surface area contributed by atoms with Crippen LogP contribution in [0.1, 0.15) is 17.8 Å². The number of carbonyl (C=O) groups is 2. The van der Waals surface area contributed by atoms with E-state index in [0.29, 0.717) is 24.2 Å². The highest BCUT2D eigenvalue weighted by molar-refractivity contribution is 7.89. The van der Waals surface area contributed by atoms with Gasteiger partial charge in [-0.15, -0.1) is 0 Å². The van der Waals surface area contributed by atoms with Crippen molar-refractivity contribution >= 4 is 27.6 Å². The second-order valence-corrected chi connectivity index (χ2v) is 9.48. The van der Waals surface area contributed by atoms with Gasteiger partial charge in [0.15, 0.2) is 0 Å². The van der Waals surface area contributed by atoms with E-state index in [1.54, 1.807) is 32.4 Å². The monoisotopic (exact) mass is 479 g/mol.